The topological polar surface area (TPSA) is 120 Å². The summed E-state index contributed by atoms with van der Waals surface area (Å²) in [5.74, 6) is -1.29. The molecule has 0 aliphatic carbocycles. The third kappa shape index (κ3) is 4.47. The van der Waals surface area contributed by atoms with Crippen molar-refractivity contribution < 1.29 is 29.3 Å². The summed E-state index contributed by atoms with van der Waals surface area (Å²) in [4.78, 5) is 28.1. The molecule has 0 radical (unpaired) electrons. The molecule has 0 aromatic heterocycles. The molecular formula is C29H26N2O6. The molecule has 1 aliphatic heterocycles. The molecule has 4 rings (SSSR count). The second kappa shape index (κ2) is 10.1. The summed E-state index contributed by atoms with van der Waals surface area (Å²) in [6.45, 7) is 5.65. The summed E-state index contributed by atoms with van der Waals surface area (Å²) in [7, 11) is 1.55. The van der Waals surface area contributed by atoms with Gasteiger partial charge in [0.25, 0.3) is 11.7 Å². The predicted molar refractivity (Wildman–Crippen MR) is 138 cm³/mol. The summed E-state index contributed by atoms with van der Waals surface area (Å²) in [5.41, 5.74) is 2.91. The molecule has 188 valence electrons. The minimum absolute atomic E-state index is 0.0949. The Kier molecular flexibility index (Phi) is 6.89. The van der Waals surface area contributed by atoms with Gasteiger partial charge in [-0.05, 0) is 86.0 Å². The number of methoxy groups -OCH3 is 1. The number of rotatable bonds is 6. The van der Waals surface area contributed by atoms with Crippen LogP contribution in [0, 0.1) is 25.2 Å². The average Bonchev–Trinajstić information content (AvgIpc) is 3.16. The summed E-state index contributed by atoms with van der Waals surface area (Å²) < 4.78 is 10.9. The molecule has 0 bridgehead atoms. The lowest BCUT2D eigenvalue weighted by molar-refractivity contribution is -0.132. The zero-order valence-corrected chi connectivity index (χ0v) is 20.9. The van der Waals surface area contributed by atoms with E-state index >= 15 is 0 Å². The number of nitrogens with zero attached hydrogens (tertiary/aromatic N) is 2. The van der Waals surface area contributed by atoms with Crippen LogP contribution < -0.4 is 14.4 Å². The van der Waals surface area contributed by atoms with Crippen molar-refractivity contribution in [2.45, 2.75) is 26.8 Å². The van der Waals surface area contributed by atoms with Crippen LogP contribution in [0.2, 0.25) is 0 Å². The monoisotopic (exact) mass is 498 g/mol. The Morgan fingerprint density at radius 3 is 2.35 bits per heavy atom. The first-order valence-electron chi connectivity index (χ1n) is 11.6. The Bertz CT molecular complexity index is 1470. The maximum atomic E-state index is 13.4. The number of ether oxygens (including phenoxy) is 2. The standard InChI is InChI=1S/C29H26N2O6/c1-5-37-24-14-19(8-11-22(24)32)26-25(27(33)21-12-17(3)23(36-4)13-16(21)2)28(34)29(35)31(26)20-9-6-18(15-30)7-10-20/h6-14,26,32-33H,5H2,1-4H3/b27-25+. The van der Waals surface area contributed by atoms with Crippen LogP contribution in [-0.4, -0.2) is 35.6 Å². The van der Waals surface area contributed by atoms with Gasteiger partial charge < -0.3 is 19.7 Å². The molecule has 1 saturated heterocycles. The summed E-state index contributed by atoms with van der Waals surface area (Å²) in [5, 5.41) is 30.9. The Hall–Kier alpha value is -4.77. The first-order chi connectivity index (χ1) is 17.7. The first-order valence-corrected chi connectivity index (χ1v) is 11.6. The number of nitriles is 1. The highest BCUT2D eigenvalue weighted by Crippen LogP contribution is 2.44. The van der Waals surface area contributed by atoms with Crippen LogP contribution in [0.3, 0.4) is 0 Å². The highest BCUT2D eigenvalue weighted by atomic mass is 16.5. The first kappa shape index (κ1) is 25.3. The Balaban J connectivity index is 1.98. The van der Waals surface area contributed by atoms with E-state index in [0.717, 1.165) is 5.56 Å². The minimum atomic E-state index is -1.02. The van der Waals surface area contributed by atoms with Gasteiger partial charge in [-0.3, -0.25) is 14.5 Å². The number of amides is 1. The molecule has 1 aliphatic rings. The zero-order chi connectivity index (χ0) is 26.9. The van der Waals surface area contributed by atoms with Crippen LogP contribution in [0.15, 0.2) is 60.2 Å². The number of aromatic hydroxyl groups is 1. The van der Waals surface area contributed by atoms with Crippen molar-refractivity contribution in [2.75, 3.05) is 18.6 Å². The Labute approximate surface area is 214 Å². The summed E-state index contributed by atoms with van der Waals surface area (Å²) in [6.07, 6.45) is 0. The van der Waals surface area contributed by atoms with E-state index in [1.54, 1.807) is 69.5 Å². The second-order valence-electron chi connectivity index (χ2n) is 8.62. The number of carbonyl (C=O) groups excluding carboxylic acids is 2. The van der Waals surface area contributed by atoms with Gasteiger partial charge in [0.2, 0.25) is 0 Å². The Morgan fingerprint density at radius 2 is 1.73 bits per heavy atom. The van der Waals surface area contributed by atoms with Crippen molar-refractivity contribution in [3.8, 4) is 23.3 Å². The van der Waals surface area contributed by atoms with Gasteiger partial charge in [0, 0.05) is 11.3 Å². The number of hydrogen-bond acceptors (Lipinski definition) is 7. The van der Waals surface area contributed by atoms with Gasteiger partial charge in [0.05, 0.1) is 37.0 Å². The summed E-state index contributed by atoms with van der Waals surface area (Å²) >= 11 is 0. The van der Waals surface area contributed by atoms with Crippen LogP contribution in [0.4, 0.5) is 5.69 Å². The highest BCUT2D eigenvalue weighted by Gasteiger charge is 2.47. The number of anilines is 1. The third-order valence-electron chi connectivity index (χ3n) is 6.32. The van der Waals surface area contributed by atoms with Crippen LogP contribution in [0.5, 0.6) is 17.2 Å². The molecule has 1 unspecified atom stereocenters. The molecule has 2 N–H and O–H groups in total. The third-order valence-corrected chi connectivity index (χ3v) is 6.32. The number of aryl methyl sites for hydroxylation is 2. The molecule has 3 aromatic carbocycles. The number of aliphatic hydroxyl groups excluding tert-OH is 1. The van der Waals surface area contributed by atoms with Gasteiger partial charge in [-0.2, -0.15) is 5.26 Å². The molecule has 1 amide bonds. The van der Waals surface area contributed by atoms with E-state index in [1.165, 1.54) is 11.0 Å². The van der Waals surface area contributed by atoms with Crippen LogP contribution in [-0.2, 0) is 9.59 Å². The number of Topliss-reactive ketones (excluding diaryl/α,β-unsaturated/α-hetero) is 1. The second-order valence-corrected chi connectivity index (χ2v) is 8.62. The number of hydrogen-bond donors (Lipinski definition) is 2. The molecule has 1 fully saturated rings. The van der Waals surface area contributed by atoms with E-state index in [1.807, 2.05) is 13.0 Å². The molecule has 37 heavy (non-hydrogen) atoms. The molecule has 8 heteroatoms. The smallest absolute Gasteiger partial charge is 0.300 e. The lowest BCUT2D eigenvalue weighted by Gasteiger charge is -2.26. The van der Waals surface area contributed by atoms with E-state index in [4.69, 9.17) is 9.47 Å². The van der Waals surface area contributed by atoms with E-state index in [2.05, 4.69) is 0 Å². The van der Waals surface area contributed by atoms with Gasteiger partial charge >= 0.3 is 0 Å². The number of ketones is 1. The maximum Gasteiger partial charge on any atom is 0.300 e. The van der Waals surface area contributed by atoms with Gasteiger partial charge in [0.1, 0.15) is 11.5 Å². The molecule has 1 atom stereocenters. The van der Waals surface area contributed by atoms with Gasteiger partial charge in [-0.15, -0.1) is 0 Å². The molecule has 0 spiro atoms. The minimum Gasteiger partial charge on any atom is -0.507 e. The lowest BCUT2D eigenvalue weighted by atomic mass is 9.92. The fraction of sp³-hybridized carbons (Fsp3) is 0.207. The quantitative estimate of drug-likeness (QED) is 0.281. The van der Waals surface area contributed by atoms with Crippen LogP contribution in [0.25, 0.3) is 5.76 Å². The maximum absolute atomic E-state index is 13.4. The lowest BCUT2D eigenvalue weighted by Crippen LogP contribution is -2.29. The van der Waals surface area contributed by atoms with Crippen LogP contribution >= 0.6 is 0 Å². The van der Waals surface area contributed by atoms with Crippen molar-refractivity contribution in [1.29, 1.82) is 5.26 Å². The number of phenolic OH excluding ortho intramolecular Hbond substituents is 1. The fourth-order valence-corrected chi connectivity index (χ4v) is 4.49. The van der Waals surface area contributed by atoms with Gasteiger partial charge in [0.15, 0.2) is 11.5 Å². The van der Waals surface area contributed by atoms with Gasteiger partial charge in [-0.25, -0.2) is 0 Å². The Morgan fingerprint density at radius 1 is 1.03 bits per heavy atom. The van der Waals surface area contributed by atoms with Crippen LogP contribution in [0.1, 0.15) is 40.8 Å². The molecule has 8 nitrogen and oxygen atoms in total. The predicted octanol–water partition coefficient (Wildman–Crippen LogP) is 4.91. The fourth-order valence-electron chi connectivity index (χ4n) is 4.49. The number of benzene rings is 3. The summed E-state index contributed by atoms with van der Waals surface area (Å²) in [6, 6.07) is 15.3. The normalized spacial score (nSPS) is 16.5. The van der Waals surface area contributed by atoms with E-state index < -0.39 is 17.7 Å². The largest absolute Gasteiger partial charge is 0.507 e. The SMILES string of the molecule is CCOc1cc(C2/C(=C(\O)c3cc(C)c(OC)cc3C)C(=O)C(=O)N2c2ccc(C#N)cc2)ccc1O. The van der Waals surface area contributed by atoms with E-state index in [0.29, 0.717) is 33.7 Å². The average molecular weight is 499 g/mol. The van der Waals surface area contributed by atoms with Gasteiger partial charge in [-0.1, -0.05) is 6.07 Å². The molecule has 3 aromatic rings. The molecule has 0 saturated carbocycles. The van der Waals surface area contributed by atoms with Crippen molar-refractivity contribution in [3.63, 3.8) is 0 Å². The van der Waals surface area contributed by atoms with Crippen molar-refractivity contribution in [1.82, 2.24) is 0 Å². The zero-order valence-electron chi connectivity index (χ0n) is 20.9. The van der Waals surface area contributed by atoms with Crippen molar-refractivity contribution >= 4 is 23.1 Å². The highest BCUT2D eigenvalue weighted by molar-refractivity contribution is 6.51. The van der Waals surface area contributed by atoms with E-state index in [9.17, 15) is 25.1 Å². The molecular weight excluding hydrogens is 472 g/mol. The van der Waals surface area contributed by atoms with E-state index in [-0.39, 0.29) is 29.4 Å². The number of aliphatic hydroxyl groups is 1. The number of carbonyl (C=O) groups is 2. The van der Waals surface area contributed by atoms with Crippen molar-refractivity contribution in [2.24, 2.45) is 0 Å². The van der Waals surface area contributed by atoms with Crippen molar-refractivity contribution in [3.05, 3.63) is 88.0 Å². The number of phenols is 1. The molecule has 1 heterocycles.